The number of nitrogens with two attached hydrogens (primary N) is 1. The number of aliphatic imine (C=N–C) groups is 1. The van der Waals surface area contributed by atoms with Gasteiger partial charge >= 0.3 is 0 Å². The van der Waals surface area contributed by atoms with E-state index in [4.69, 9.17) is 19.9 Å². The topological polar surface area (TPSA) is 88.1 Å². The molecule has 2 aliphatic heterocycles. The molecule has 0 radical (unpaired) electrons. The SMILES string of the molecule is CCN=CC(=CN)c1ccc2c(c1)CCn1c(OC[C@@H]3COCCO3)cc(=O)c(C)c1-2. The molecule has 2 N–H and O–H groups in total. The van der Waals surface area contributed by atoms with E-state index in [0.717, 1.165) is 40.9 Å². The van der Waals surface area contributed by atoms with Crippen molar-refractivity contribution in [3.8, 4) is 17.1 Å². The predicted molar refractivity (Wildman–Crippen MR) is 122 cm³/mol. The fourth-order valence-electron chi connectivity index (χ4n) is 4.07. The van der Waals surface area contributed by atoms with Crippen molar-refractivity contribution in [1.82, 2.24) is 4.57 Å². The Bertz CT molecular complexity index is 1070. The highest BCUT2D eigenvalue weighted by Gasteiger charge is 2.23. The molecule has 4 rings (SSSR count). The minimum Gasteiger partial charge on any atom is -0.476 e. The maximum absolute atomic E-state index is 12.7. The molecule has 1 atom stereocenters. The van der Waals surface area contributed by atoms with E-state index >= 15 is 0 Å². The fourth-order valence-corrected chi connectivity index (χ4v) is 4.07. The third-order valence-electron chi connectivity index (χ3n) is 5.71. The number of ether oxygens (including phenoxy) is 3. The van der Waals surface area contributed by atoms with Crippen LogP contribution in [0.4, 0.5) is 0 Å². The minimum absolute atomic E-state index is 0.0309. The molecule has 1 aromatic heterocycles. The molecular weight excluding hydrogens is 394 g/mol. The van der Waals surface area contributed by atoms with E-state index < -0.39 is 0 Å². The molecule has 0 saturated carbocycles. The lowest BCUT2D eigenvalue weighted by Gasteiger charge is -2.28. The fraction of sp³-hybridized carbons (Fsp3) is 0.417. The van der Waals surface area contributed by atoms with Crippen molar-refractivity contribution in [3.63, 3.8) is 0 Å². The number of rotatable bonds is 6. The molecule has 7 heteroatoms. The van der Waals surface area contributed by atoms with Crippen LogP contribution in [0.25, 0.3) is 16.8 Å². The van der Waals surface area contributed by atoms with Crippen molar-refractivity contribution in [2.75, 3.05) is 33.0 Å². The zero-order valence-electron chi connectivity index (χ0n) is 18.1. The average Bonchev–Trinajstić information content (AvgIpc) is 2.81. The van der Waals surface area contributed by atoms with Gasteiger partial charge in [-0.1, -0.05) is 18.2 Å². The molecule has 2 aromatic rings. The Labute approximate surface area is 182 Å². The number of pyridine rings is 1. The highest BCUT2D eigenvalue weighted by Crippen LogP contribution is 2.35. The van der Waals surface area contributed by atoms with Crippen LogP contribution in [0.15, 0.2) is 40.3 Å². The normalized spacial score (nSPS) is 18.6. The Hall–Kier alpha value is -2.90. The largest absolute Gasteiger partial charge is 0.476 e. The van der Waals surface area contributed by atoms with Crippen LogP contribution in [0.5, 0.6) is 5.88 Å². The van der Waals surface area contributed by atoms with E-state index in [-0.39, 0.29) is 11.5 Å². The van der Waals surface area contributed by atoms with E-state index in [1.807, 2.05) is 19.9 Å². The van der Waals surface area contributed by atoms with Gasteiger partial charge in [0.1, 0.15) is 12.7 Å². The summed E-state index contributed by atoms with van der Waals surface area (Å²) in [6, 6.07) is 7.81. The van der Waals surface area contributed by atoms with Crippen LogP contribution >= 0.6 is 0 Å². The predicted octanol–water partition coefficient (Wildman–Crippen LogP) is 2.56. The Balaban J connectivity index is 1.68. The lowest BCUT2D eigenvalue weighted by Crippen LogP contribution is -2.34. The monoisotopic (exact) mass is 423 g/mol. The van der Waals surface area contributed by atoms with E-state index in [0.29, 0.717) is 38.9 Å². The Kier molecular flexibility index (Phi) is 6.53. The van der Waals surface area contributed by atoms with Gasteiger partial charge < -0.3 is 24.5 Å². The molecule has 0 amide bonds. The number of hydrogen-bond acceptors (Lipinski definition) is 6. The molecule has 0 aliphatic carbocycles. The first-order chi connectivity index (χ1) is 15.1. The summed E-state index contributed by atoms with van der Waals surface area (Å²) in [4.78, 5) is 17.0. The Morgan fingerprint density at radius 1 is 1.35 bits per heavy atom. The molecule has 0 bridgehead atoms. The maximum atomic E-state index is 12.7. The Morgan fingerprint density at radius 2 is 2.23 bits per heavy atom. The van der Waals surface area contributed by atoms with Gasteiger partial charge in [-0.3, -0.25) is 9.79 Å². The van der Waals surface area contributed by atoms with Gasteiger partial charge in [-0.25, -0.2) is 0 Å². The maximum Gasteiger partial charge on any atom is 0.197 e. The molecule has 0 unspecified atom stereocenters. The minimum atomic E-state index is -0.119. The van der Waals surface area contributed by atoms with Crippen molar-refractivity contribution in [3.05, 3.63) is 57.4 Å². The van der Waals surface area contributed by atoms with Crippen molar-refractivity contribution in [2.45, 2.75) is 32.9 Å². The van der Waals surface area contributed by atoms with E-state index in [1.54, 1.807) is 18.5 Å². The third-order valence-corrected chi connectivity index (χ3v) is 5.71. The van der Waals surface area contributed by atoms with Crippen LogP contribution in [0.2, 0.25) is 0 Å². The van der Waals surface area contributed by atoms with Crippen molar-refractivity contribution in [1.29, 1.82) is 0 Å². The summed E-state index contributed by atoms with van der Waals surface area (Å²) in [6.07, 6.45) is 4.10. The molecule has 2 aliphatic rings. The van der Waals surface area contributed by atoms with E-state index in [9.17, 15) is 4.79 Å². The van der Waals surface area contributed by atoms with Gasteiger partial charge in [-0.2, -0.15) is 0 Å². The van der Waals surface area contributed by atoms with Crippen LogP contribution in [0.3, 0.4) is 0 Å². The quantitative estimate of drug-likeness (QED) is 0.722. The highest BCUT2D eigenvalue weighted by molar-refractivity contribution is 6.09. The number of aryl methyl sites for hydroxylation is 1. The summed E-state index contributed by atoms with van der Waals surface area (Å²) in [7, 11) is 0. The molecule has 7 nitrogen and oxygen atoms in total. The van der Waals surface area contributed by atoms with E-state index in [1.165, 1.54) is 5.56 Å². The van der Waals surface area contributed by atoms with Crippen LogP contribution < -0.4 is 15.9 Å². The number of nitrogens with zero attached hydrogens (tertiary/aromatic N) is 2. The van der Waals surface area contributed by atoms with E-state index in [2.05, 4.69) is 21.7 Å². The van der Waals surface area contributed by atoms with Gasteiger partial charge in [0.05, 0.1) is 25.5 Å². The first-order valence-electron chi connectivity index (χ1n) is 10.7. The van der Waals surface area contributed by atoms with Gasteiger partial charge in [0.2, 0.25) is 0 Å². The average molecular weight is 424 g/mol. The van der Waals surface area contributed by atoms with Gasteiger partial charge in [0.25, 0.3) is 0 Å². The summed E-state index contributed by atoms with van der Waals surface area (Å²) in [5.41, 5.74) is 11.6. The number of fused-ring (bicyclic) bond motifs is 3. The van der Waals surface area contributed by atoms with Gasteiger partial charge in [-0.05, 0) is 31.4 Å². The van der Waals surface area contributed by atoms with Crippen molar-refractivity contribution < 1.29 is 14.2 Å². The molecular formula is C24H29N3O4. The highest BCUT2D eigenvalue weighted by atomic mass is 16.6. The van der Waals surface area contributed by atoms with Crippen LogP contribution in [0.1, 0.15) is 23.6 Å². The second-order valence-electron chi connectivity index (χ2n) is 7.72. The van der Waals surface area contributed by atoms with Gasteiger partial charge in [0, 0.05) is 48.3 Å². The zero-order chi connectivity index (χ0) is 21.8. The molecule has 0 spiro atoms. The lowest BCUT2D eigenvalue weighted by molar-refractivity contribution is -0.102. The number of aromatic nitrogens is 1. The zero-order valence-corrected chi connectivity index (χ0v) is 18.1. The molecule has 31 heavy (non-hydrogen) atoms. The first kappa shape index (κ1) is 21.3. The number of benzene rings is 1. The second kappa shape index (κ2) is 9.49. The standard InChI is InChI=1S/C24H29N3O4/c1-3-26-13-19(12-25)17-4-5-21-18(10-17)6-7-27-23(11-22(28)16(2)24(21)27)31-15-20-14-29-8-9-30-20/h4-5,10-13,20H,3,6-9,14-15,25H2,1-2H3/t20-/m0/s1. The van der Waals surface area contributed by atoms with Crippen LogP contribution in [-0.4, -0.2) is 49.9 Å². The van der Waals surface area contributed by atoms with Crippen molar-refractivity contribution in [2.24, 2.45) is 10.7 Å². The molecule has 3 heterocycles. The van der Waals surface area contributed by atoms with Crippen LogP contribution in [0, 0.1) is 6.92 Å². The molecule has 1 saturated heterocycles. The van der Waals surface area contributed by atoms with Crippen LogP contribution in [-0.2, 0) is 22.4 Å². The third kappa shape index (κ3) is 4.43. The molecule has 1 fully saturated rings. The molecule has 164 valence electrons. The van der Waals surface area contributed by atoms with Gasteiger partial charge in [-0.15, -0.1) is 0 Å². The number of allylic oxidation sites excluding steroid dienone is 1. The summed E-state index contributed by atoms with van der Waals surface area (Å²) in [5.74, 6) is 0.576. The second-order valence-corrected chi connectivity index (χ2v) is 7.72. The summed E-state index contributed by atoms with van der Waals surface area (Å²) < 4.78 is 19.2. The summed E-state index contributed by atoms with van der Waals surface area (Å²) in [5, 5.41) is 0. The first-order valence-corrected chi connectivity index (χ1v) is 10.7. The summed E-state index contributed by atoms with van der Waals surface area (Å²) >= 11 is 0. The lowest BCUT2D eigenvalue weighted by atomic mass is 9.91. The smallest absolute Gasteiger partial charge is 0.197 e. The van der Waals surface area contributed by atoms with Crippen molar-refractivity contribution >= 4 is 11.8 Å². The summed E-state index contributed by atoms with van der Waals surface area (Å²) in [6.45, 7) is 7.34. The van der Waals surface area contributed by atoms with Gasteiger partial charge in [0.15, 0.2) is 11.3 Å². The number of hydrogen-bond donors (Lipinski definition) is 1. The molecule has 1 aromatic carbocycles. The Morgan fingerprint density at radius 3 is 2.97 bits per heavy atom.